The van der Waals surface area contributed by atoms with Crippen LogP contribution in [0.4, 0.5) is 10.7 Å². The maximum absolute atomic E-state index is 13.3. The minimum atomic E-state index is -0.551. The van der Waals surface area contributed by atoms with E-state index in [1.807, 2.05) is 20.8 Å². The van der Waals surface area contributed by atoms with Gasteiger partial charge in [-0.3, -0.25) is 9.36 Å². The minimum absolute atomic E-state index is 0.0363. The third kappa shape index (κ3) is 4.03. The highest BCUT2D eigenvalue weighted by Crippen LogP contribution is 2.40. The zero-order valence-corrected chi connectivity index (χ0v) is 21.1. The van der Waals surface area contributed by atoms with E-state index in [0.717, 1.165) is 38.6 Å². The summed E-state index contributed by atoms with van der Waals surface area (Å²) in [6, 6.07) is 0.0228. The molecule has 4 atom stereocenters. The second-order valence-electron chi connectivity index (χ2n) is 10.3. The molecular formula is C22H31BrN6O4. The molecule has 10 nitrogen and oxygen atoms in total. The number of alkyl carbamates (subject to hydrolysis) is 1. The second kappa shape index (κ2) is 8.26. The predicted octanol–water partition coefficient (Wildman–Crippen LogP) is 3.08. The highest BCUT2D eigenvalue weighted by Gasteiger charge is 2.49. The Bertz CT molecular complexity index is 1130. The molecule has 0 radical (unpaired) electrons. The molecule has 2 bridgehead atoms. The number of halogens is 1. The van der Waals surface area contributed by atoms with Crippen molar-refractivity contribution in [1.82, 2.24) is 24.6 Å². The van der Waals surface area contributed by atoms with E-state index in [4.69, 9.17) is 14.5 Å². The van der Waals surface area contributed by atoms with Gasteiger partial charge in [-0.1, -0.05) is 0 Å². The molecule has 1 amide bonds. The molecular weight excluding hydrogens is 492 g/mol. The summed E-state index contributed by atoms with van der Waals surface area (Å²) in [6.07, 6.45) is 4.24. The van der Waals surface area contributed by atoms with Gasteiger partial charge in [-0.2, -0.15) is 10.1 Å². The molecule has 2 aromatic heterocycles. The summed E-state index contributed by atoms with van der Waals surface area (Å²) < 4.78 is 15.2. The van der Waals surface area contributed by atoms with Gasteiger partial charge in [-0.05, 0) is 74.7 Å². The summed E-state index contributed by atoms with van der Waals surface area (Å²) in [5, 5.41) is 8.09. The van der Waals surface area contributed by atoms with E-state index in [1.54, 1.807) is 16.3 Å². The largest absolute Gasteiger partial charge is 0.444 e. The van der Waals surface area contributed by atoms with Crippen LogP contribution < -0.4 is 15.8 Å². The summed E-state index contributed by atoms with van der Waals surface area (Å²) in [4.78, 5) is 32.9. The van der Waals surface area contributed by atoms with Crippen LogP contribution in [0.2, 0.25) is 0 Å². The van der Waals surface area contributed by atoms with Crippen LogP contribution in [0.1, 0.15) is 59.1 Å². The molecule has 0 aromatic carbocycles. The normalized spacial score (nSPS) is 27.4. The molecule has 1 aliphatic carbocycles. The zero-order chi connectivity index (χ0) is 23.5. The fraction of sp³-hybridized carbons (Fsp3) is 0.727. The van der Waals surface area contributed by atoms with Gasteiger partial charge < -0.3 is 19.7 Å². The molecule has 3 aliphatic rings. The van der Waals surface area contributed by atoms with Crippen LogP contribution in [-0.4, -0.2) is 56.3 Å². The number of rotatable bonds is 3. The molecule has 180 valence electrons. The first-order valence-electron chi connectivity index (χ1n) is 11.7. The van der Waals surface area contributed by atoms with Gasteiger partial charge in [0.25, 0.3) is 5.56 Å². The lowest BCUT2D eigenvalue weighted by atomic mass is 10.1. The number of anilines is 1. The van der Waals surface area contributed by atoms with Gasteiger partial charge in [0.15, 0.2) is 11.9 Å². The highest BCUT2D eigenvalue weighted by atomic mass is 79.9. The lowest BCUT2D eigenvalue weighted by Gasteiger charge is -2.30. The molecule has 33 heavy (non-hydrogen) atoms. The van der Waals surface area contributed by atoms with Gasteiger partial charge in [-0.15, -0.1) is 0 Å². The maximum atomic E-state index is 13.3. The quantitative estimate of drug-likeness (QED) is 0.660. The van der Waals surface area contributed by atoms with E-state index in [0.29, 0.717) is 28.2 Å². The Morgan fingerprint density at radius 3 is 2.73 bits per heavy atom. The molecule has 2 aliphatic heterocycles. The lowest BCUT2D eigenvalue weighted by molar-refractivity contribution is -0.0371. The SMILES string of the molecule is Cn1c(N2C[C@@H]3CC[C@H]2[C@H]3NC(=O)OC(C)(C)C)nc2c(c(Br)nn2C2CCCCO2)c1=O. The van der Waals surface area contributed by atoms with Crippen molar-refractivity contribution >= 4 is 39.0 Å². The van der Waals surface area contributed by atoms with Crippen molar-refractivity contribution in [1.29, 1.82) is 0 Å². The summed E-state index contributed by atoms with van der Waals surface area (Å²) in [5.74, 6) is 0.883. The number of carbonyl (C=O) groups excluding carboxylic acids is 1. The number of nitrogens with zero attached hydrogens (tertiary/aromatic N) is 5. The molecule has 1 unspecified atom stereocenters. The van der Waals surface area contributed by atoms with Crippen LogP contribution in [0.5, 0.6) is 0 Å². The fourth-order valence-corrected chi connectivity index (χ4v) is 5.90. The van der Waals surface area contributed by atoms with E-state index in [1.165, 1.54) is 0 Å². The van der Waals surface area contributed by atoms with Crippen molar-refractivity contribution in [2.75, 3.05) is 18.1 Å². The molecule has 2 saturated heterocycles. The van der Waals surface area contributed by atoms with E-state index in [-0.39, 0.29) is 29.8 Å². The van der Waals surface area contributed by atoms with Gasteiger partial charge >= 0.3 is 6.09 Å². The average Bonchev–Trinajstić information content (AvgIpc) is 3.40. The monoisotopic (exact) mass is 522 g/mol. The molecule has 3 fully saturated rings. The third-order valence-corrected chi connectivity index (χ3v) is 7.38. The molecule has 5 rings (SSSR count). The first-order chi connectivity index (χ1) is 15.6. The van der Waals surface area contributed by atoms with Crippen LogP contribution >= 0.6 is 15.9 Å². The molecule has 1 saturated carbocycles. The smallest absolute Gasteiger partial charge is 0.407 e. The zero-order valence-electron chi connectivity index (χ0n) is 19.5. The van der Waals surface area contributed by atoms with Crippen molar-refractivity contribution in [3.63, 3.8) is 0 Å². The summed E-state index contributed by atoms with van der Waals surface area (Å²) in [5.41, 5.74) is -0.167. The van der Waals surface area contributed by atoms with Crippen molar-refractivity contribution in [3.8, 4) is 0 Å². The number of carbonyl (C=O) groups is 1. The molecule has 1 N–H and O–H groups in total. The van der Waals surface area contributed by atoms with Gasteiger partial charge in [-0.25, -0.2) is 9.48 Å². The Labute approximate surface area is 200 Å². The number of hydrogen-bond acceptors (Lipinski definition) is 7. The molecule has 2 aromatic rings. The summed E-state index contributed by atoms with van der Waals surface area (Å²) in [7, 11) is 1.74. The van der Waals surface area contributed by atoms with Crippen molar-refractivity contribution in [2.24, 2.45) is 13.0 Å². The second-order valence-corrected chi connectivity index (χ2v) is 11.0. The third-order valence-electron chi connectivity index (χ3n) is 6.82. The van der Waals surface area contributed by atoms with Crippen molar-refractivity contribution < 1.29 is 14.3 Å². The number of piperidine rings is 1. The van der Waals surface area contributed by atoms with Crippen LogP contribution in [0.25, 0.3) is 11.0 Å². The van der Waals surface area contributed by atoms with E-state index in [2.05, 4.69) is 31.2 Å². The number of ether oxygens (including phenoxy) is 2. The number of nitrogens with one attached hydrogen (secondary N) is 1. The van der Waals surface area contributed by atoms with Crippen LogP contribution in [0.15, 0.2) is 9.40 Å². The standard InChI is InChI=1S/C22H31BrN6O4/c1-22(2,3)33-21(31)24-16-12-8-9-13(16)28(11-12)20-25-18-15(19(30)27(20)4)17(23)26-29(18)14-7-5-6-10-32-14/h12-14,16H,5-11H2,1-4H3,(H,24,31)/t12-,13-,14?,16-/m0/s1. The van der Waals surface area contributed by atoms with Gasteiger partial charge in [0.05, 0.1) is 12.1 Å². The van der Waals surface area contributed by atoms with Gasteiger partial charge in [0.2, 0.25) is 5.95 Å². The van der Waals surface area contributed by atoms with Crippen LogP contribution in [0, 0.1) is 5.92 Å². The minimum Gasteiger partial charge on any atom is -0.444 e. The Kier molecular flexibility index (Phi) is 5.67. The lowest BCUT2D eigenvalue weighted by Crippen LogP contribution is -2.46. The maximum Gasteiger partial charge on any atom is 0.407 e. The Morgan fingerprint density at radius 1 is 1.24 bits per heavy atom. The fourth-order valence-electron chi connectivity index (χ4n) is 5.38. The number of fused-ring (bicyclic) bond motifs is 3. The topological polar surface area (TPSA) is 104 Å². The van der Waals surface area contributed by atoms with E-state index in [9.17, 15) is 9.59 Å². The van der Waals surface area contributed by atoms with Crippen LogP contribution in [0.3, 0.4) is 0 Å². The Morgan fingerprint density at radius 2 is 2.03 bits per heavy atom. The van der Waals surface area contributed by atoms with Gasteiger partial charge in [0, 0.05) is 20.2 Å². The molecule has 0 spiro atoms. The predicted molar refractivity (Wildman–Crippen MR) is 126 cm³/mol. The van der Waals surface area contributed by atoms with Gasteiger partial charge in [0.1, 0.15) is 15.6 Å². The first-order valence-corrected chi connectivity index (χ1v) is 12.5. The number of amides is 1. The Balaban J connectivity index is 1.48. The molecule has 11 heteroatoms. The highest BCUT2D eigenvalue weighted by molar-refractivity contribution is 9.10. The molecule has 4 heterocycles. The summed E-state index contributed by atoms with van der Waals surface area (Å²) in [6.45, 7) is 6.97. The van der Waals surface area contributed by atoms with Crippen molar-refractivity contribution in [3.05, 3.63) is 15.0 Å². The van der Waals surface area contributed by atoms with E-state index < -0.39 is 11.7 Å². The first kappa shape index (κ1) is 22.6. The number of hydrogen-bond donors (Lipinski definition) is 1. The summed E-state index contributed by atoms with van der Waals surface area (Å²) >= 11 is 3.45. The van der Waals surface area contributed by atoms with Crippen LogP contribution in [-0.2, 0) is 16.5 Å². The Hall–Kier alpha value is -2.14. The van der Waals surface area contributed by atoms with E-state index >= 15 is 0 Å². The average molecular weight is 523 g/mol. The number of aromatic nitrogens is 4. The van der Waals surface area contributed by atoms with Crippen molar-refractivity contribution in [2.45, 2.75) is 76.8 Å².